The maximum atomic E-state index is 11.7. The van der Waals surface area contributed by atoms with Crippen LogP contribution in [0.15, 0.2) is 0 Å². The van der Waals surface area contributed by atoms with Crippen molar-refractivity contribution >= 4 is 23.8 Å². The Labute approximate surface area is 124 Å². The number of carboxylic acids is 1. The Morgan fingerprint density at radius 1 is 1.35 bits per heavy atom. The number of alkyl carbamates (subject to hydrolysis) is 1. The molecule has 0 heterocycles. The van der Waals surface area contributed by atoms with E-state index in [1.165, 1.54) is 0 Å². The number of carbonyl (C=O) groups is 2. The van der Waals surface area contributed by atoms with Crippen molar-refractivity contribution in [3.8, 4) is 0 Å². The van der Waals surface area contributed by atoms with E-state index in [9.17, 15) is 14.7 Å². The molecule has 0 saturated heterocycles. The number of ether oxygens (including phenoxy) is 1. The van der Waals surface area contributed by atoms with Gasteiger partial charge in [0.15, 0.2) is 0 Å². The third-order valence-electron chi connectivity index (χ3n) is 3.48. The van der Waals surface area contributed by atoms with Crippen LogP contribution in [-0.2, 0) is 9.53 Å². The summed E-state index contributed by atoms with van der Waals surface area (Å²) in [5, 5.41) is 12.2. The fourth-order valence-electron chi connectivity index (χ4n) is 2.26. The van der Waals surface area contributed by atoms with Crippen molar-refractivity contribution in [1.29, 1.82) is 0 Å². The van der Waals surface area contributed by atoms with Crippen molar-refractivity contribution in [2.24, 2.45) is 11.3 Å². The highest BCUT2D eigenvalue weighted by Gasteiger charge is 2.50. The Balaban J connectivity index is 2.65. The Hall–Kier alpha value is -0.910. The minimum Gasteiger partial charge on any atom is -0.481 e. The molecule has 0 radical (unpaired) electrons. The van der Waals surface area contributed by atoms with Crippen molar-refractivity contribution in [3.63, 3.8) is 0 Å². The van der Waals surface area contributed by atoms with Gasteiger partial charge in [0.25, 0.3) is 0 Å². The monoisotopic (exact) mass is 303 g/mol. The summed E-state index contributed by atoms with van der Waals surface area (Å²) in [7, 11) is 0. The average molecular weight is 303 g/mol. The van der Waals surface area contributed by atoms with Crippen LogP contribution in [0.1, 0.15) is 40.0 Å². The Morgan fingerprint density at radius 3 is 2.35 bits per heavy atom. The van der Waals surface area contributed by atoms with Gasteiger partial charge in [-0.05, 0) is 58.0 Å². The maximum absolute atomic E-state index is 11.7. The molecular formula is C14H25NO4S. The van der Waals surface area contributed by atoms with E-state index in [4.69, 9.17) is 4.74 Å². The molecule has 1 amide bonds. The number of rotatable bonds is 7. The molecular weight excluding hydrogens is 278 g/mol. The minimum absolute atomic E-state index is 0.141. The van der Waals surface area contributed by atoms with Gasteiger partial charge in [-0.1, -0.05) is 0 Å². The van der Waals surface area contributed by atoms with Gasteiger partial charge in [-0.15, -0.1) is 0 Å². The van der Waals surface area contributed by atoms with E-state index >= 15 is 0 Å². The summed E-state index contributed by atoms with van der Waals surface area (Å²) in [5.74, 6) is 0.130. The molecule has 20 heavy (non-hydrogen) atoms. The lowest BCUT2D eigenvalue weighted by atomic mass is 9.80. The molecule has 0 aromatic heterocycles. The summed E-state index contributed by atoms with van der Waals surface area (Å²) in [4.78, 5) is 23.4. The maximum Gasteiger partial charge on any atom is 0.407 e. The minimum atomic E-state index is -0.847. The first-order chi connectivity index (χ1) is 9.21. The first-order valence-electron chi connectivity index (χ1n) is 6.90. The van der Waals surface area contributed by atoms with Crippen LogP contribution in [0.3, 0.4) is 0 Å². The van der Waals surface area contributed by atoms with Gasteiger partial charge in [0.1, 0.15) is 5.60 Å². The summed E-state index contributed by atoms with van der Waals surface area (Å²) in [6.45, 7) is 5.49. The fraction of sp³-hybridized carbons (Fsp3) is 0.857. The predicted molar refractivity (Wildman–Crippen MR) is 80.0 cm³/mol. The van der Waals surface area contributed by atoms with E-state index in [0.29, 0.717) is 6.42 Å². The molecule has 0 aliphatic heterocycles. The van der Waals surface area contributed by atoms with Crippen molar-refractivity contribution in [2.45, 2.75) is 45.6 Å². The highest BCUT2D eigenvalue weighted by Crippen LogP contribution is 2.48. The Bertz CT molecular complexity index is 363. The number of hydrogen-bond donors (Lipinski definition) is 2. The van der Waals surface area contributed by atoms with Crippen LogP contribution in [0.5, 0.6) is 0 Å². The zero-order valence-electron chi connectivity index (χ0n) is 12.7. The van der Waals surface area contributed by atoms with Crippen molar-refractivity contribution in [3.05, 3.63) is 0 Å². The largest absolute Gasteiger partial charge is 0.481 e. The third-order valence-corrected chi connectivity index (χ3v) is 4.10. The van der Waals surface area contributed by atoms with Gasteiger partial charge >= 0.3 is 12.1 Å². The van der Waals surface area contributed by atoms with Crippen LogP contribution in [0, 0.1) is 11.3 Å². The summed E-state index contributed by atoms with van der Waals surface area (Å²) in [6, 6.07) is 0. The summed E-state index contributed by atoms with van der Waals surface area (Å²) >= 11 is 1.63. The molecule has 5 nitrogen and oxygen atoms in total. The first kappa shape index (κ1) is 17.1. The van der Waals surface area contributed by atoms with E-state index in [0.717, 1.165) is 18.6 Å². The van der Waals surface area contributed by atoms with Gasteiger partial charge in [0.05, 0.1) is 5.41 Å². The van der Waals surface area contributed by atoms with Gasteiger partial charge in [0, 0.05) is 6.54 Å². The highest BCUT2D eigenvalue weighted by atomic mass is 32.2. The van der Waals surface area contributed by atoms with Gasteiger partial charge in [0.2, 0.25) is 0 Å². The number of amides is 1. The fourth-order valence-corrected chi connectivity index (χ4v) is 2.83. The van der Waals surface area contributed by atoms with Crippen LogP contribution in [0.25, 0.3) is 0 Å². The molecule has 1 aliphatic carbocycles. The molecule has 2 N–H and O–H groups in total. The van der Waals surface area contributed by atoms with Gasteiger partial charge in [-0.3, -0.25) is 4.79 Å². The van der Waals surface area contributed by atoms with E-state index < -0.39 is 23.1 Å². The Morgan fingerprint density at radius 2 is 1.95 bits per heavy atom. The third kappa shape index (κ3) is 4.89. The topological polar surface area (TPSA) is 75.6 Å². The van der Waals surface area contributed by atoms with Crippen molar-refractivity contribution in [1.82, 2.24) is 5.32 Å². The predicted octanol–water partition coefficient (Wildman–Crippen LogP) is 2.75. The van der Waals surface area contributed by atoms with E-state index in [-0.39, 0.29) is 12.5 Å². The second-order valence-corrected chi connectivity index (χ2v) is 7.32. The van der Waals surface area contributed by atoms with Crippen LogP contribution < -0.4 is 5.32 Å². The summed E-state index contributed by atoms with van der Waals surface area (Å²) in [5.41, 5.74) is -1.42. The molecule has 0 aromatic carbocycles. The number of carboxylic acid groups (broad SMARTS) is 1. The molecule has 0 spiro atoms. The second-order valence-electron chi connectivity index (χ2n) is 6.33. The smallest absolute Gasteiger partial charge is 0.407 e. The second kappa shape index (κ2) is 6.70. The van der Waals surface area contributed by atoms with Crippen LogP contribution >= 0.6 is 11.8 Å². The zero-order chi connectivity index (χ0) is 15.4. The van der Waals surface area contributed by atoms with Crippen LogP contribution in [0.2, 0.25) is 0 Å². The lowest BCUT2D eigenvalue weighted by molar-refractivity contribution is -0.150. The molecule has 116 valence electrons. The van der Waals surface area contributed by atoms with E-state index in [1.807, 2.05) is 6.26 Å². The number of thioether (sulfide) groups is 1. The molecule has 1 atom stereocenters. The van der Waals surface area contributed by atoms with Crippen molar-refractivity contribution < 1.29 is 19.4 Å². The molecule has 1 rings (SSSR count). The molecule has 1 unspecified atom stereocenters. The van der Waals surface area contributed by atoms with Crippen molar-refractivity contribution in [2.75, 3.05) is 18.6 Å². The zero-order valence-corrected chi connectivity index (χ0v) is 13.5. The lowest BCUT2D eigenvalue weighted by Crippen LogP contribution is -2.46. The normalized spacial score (nSPS) is 18.2. The molecule has 1 fully saturated rings. The quantitative estimate of drug-likeness (QED) is 0.756. The molecule has 1 saturated carbocycles. The molecule has 0 bridgehead atoms. The molecule has 1 aliphatic rings. The summed E-state index contributed by atoms with van der Waals surface area (Å²) in [6.07, 6.45) is 3.84. The van der Waals surface area contributed by atoms with Gasteiger partial charge in [-0.2, -0.15) is 11.8 Å². The standard InChI is InChI=1S/C14H25NO4S/c1-13(2,3)19-12(18)15-9-14(11(16)17,7-8-20-4)10-5-6-10/h10H,5-9H2,1-4H3,(H,15,18)(H,16,17). The number of hydrogen-bond acceptors (Lipinski definition) is 4. The first-order valence-corrected chi connectivity index (χ1v) is 8.30. The van der Waals surface area contributed by atoms with Crippen LogP contribution in [-0.4, -0.2) is 41.3 Å². The van der Waals surface area contributed by atoms with Crippen LogP contribution in [0.4, 0.5) is 4.79 Å². The van der Waals surface area contributed by atoms with Gasteiger partial charge in [-0.25, -0.2) is 4.79 Å². The highest BCUT2D eigenvalue weighted by molar-refractivity contribution is 7.98. The van der Waals surface area contributed by atoms with E-state index in [1.54, 1.807) is 32.5 Å². The SMILES string of the molecule is CSCCC(CNC(=O)OC(C)(C)C)(C(=O)O)C1CC1. The Kier molecular flexibility index (Phi) is 5.74. The lowest BCUT2D eigenvalue weighted by Gasteiger charge is -2.30. The van der Waals surface area contributed by atoms with E-state index in [2.05, 4.69) is 5.32 Å². The molecule has 0 aromatic rings. The number of nitrogens with one attached hydrogen (secondary N) is 1. The summed E-state index contributed by atoms with van der Waals surface area (Å²) < 4.78 is 5.17. The molecule has 6 heteroatoms. The van der Waals surface area contributed by atoms with Gasteiger partial charge < -0.3 is 15.2 Å². The average Bonchev–Trinajstić information content (AvgIpc) is 3.11. The number of carbonyl (C=O) groups excluding carboxylic acids is 1. The number of aliphatic carboxylic acids is 1.